The summed E-state index contributed by atoms with van der Waals surface area (Å²) in [6, 6.07) is 0. The summed E-state index contributed by atoms with van der Waals surface area (Å²) in [6.45, 7) is 4.74. The maximum Gasteiger partial charge on any atom is 0.306 e. The van der Waals surface area contributed by atoms with Crippen LogP contribution in [0.25, 0.3) is 0 Å². The Morgan fingerprint density at radius 2 is 0.882 bits per heavy atom. The van der Waals surface area contributed by atoms with Gasteiger partial charge in [0, 0.05) is 12.8 Å². The monoisotopic (exact) mass is 728 g/mol. The number of aliphatic carboxylic acids is 1. The van der Waals surface area contributed by atoms with Crippen molar-refractivity contribution in [1.82, 2.24) is 0 Å². The third kappa shape index (κ3) is 36.4. The predicted octanol–water partition coefficient (Wildman–Crippen LogP) is 9.22. The number of carboxylic acid groups (broad SMARTS) is 1. The first kappa shape index (κ1) is 49.3. The average molecular weight is 728 g/mol. The van der Waals surface area contributed by atoms with Gasteiger partial charge < -0.3 is 33.3 Å². The molecule has 0 aromatic heterocycles. The second-order valence-corrected chi connectivity index (χ2v) is 15.6. The van der Waals surface area contributed by atoms with Crippen molar-refractivity contribution in [1.29, 1.82) is 0 Å². The first-order valence-electron chi connectivity index (χ1n) is 21.2. The molecule has 0 aromatic rings. The van der Waals surface area contributed by atoms with Crippen LogP contribution in [0.15, 0.2) is 0 Å². The zero-order valence-corrected chi connectivity index (χ0v) is 34.0. The number of hydrogen-bond acceptors (Lipinski definition) is 8. The number of carbonyl (C=O) groups is 3. The molecule has 0 radical (unpaired) electrons. The molecule has 0 heterocycles. The number of esters is 2. The van der Waals surface area contributed by atoms with E-state index in [-0.39, 0.29) is 32.2 Å². The minimum atomic E-state index is -1.61. The van der Waals surface area contributed by atoms with Gasteiger partial charge in [0.15, 0.2) is 12.4 Å². The zero-order chi connectivity index (χ0) is 37.8. The Morgan fingerprint density at radius 3 is 1.25 bits per heavy atom. The molecule has 0 rings (SSSR count). The lowest BCUT2D eigenvalue weighted by molar-refractivity contribution is -0.870. The molecule has 51 heavy (non-hydrogen) atoms. The number of likely N-dealkylation sites (N-methyl/N-ethyl adjacent to an activating group) is 1. The van der Waals surface area contributed by atoms with E-state index >= 15 is 0 Å². The number of hydrogen-bond donors (Lipinski definition) is 0. The fourth-order valence-corrected chi connectivity index (χ4v) is 6.01. The van der Waals surface area contributed by atoms with Crippen LogP contribution in [0.5, 0.6) is 0 Å². The van der Waals surface area contributed by atoms with Gasteiger partial charge in [0.1, 0.15) is 13.2 Å². The second kappa shape index (κ2) is 35.3. The molecule has 0 aliphatic heterocycles. The first-order valence-corrected chi connectivity index (χ1v) is 21.2. The summed E-state index contributed by atoms with van der Waals surface area (Å²) in [6.07, 6.45) is 29.9. The van der Waals surface area contributed by atoms with E-state index in [0.29, 0.717) is 17.4 Å². The summed E-state index contributed by atoms with van der Waals surface area (Å²) >= 11 is 0. The van der Waals surface area contributed by atoms with Gasteiger partial charge in [0.25, 0.3) is 0 Å². The van der Waals surface area contributed by atoms with Crippen molar-refractivity contribution in [3.05, 3.63) is 0 Å². The molecule has 2 unspecified atom stereocenters. The lowest BCUT2D eigenvalue weighted by atomic mass is 10.0. The maximum atomic E-state index is 12.7. The van der Waals surface area contributed by atoms with Crippen molar-refractivity contribution in [3.63, 3.8) is 0 Å². The molecule has 0 fully saturated rings. The van der Waals surface area contributed by atoms with Crippen LogP contribution in [-0.2, 0) is 33.3 Å². The van der Waals surface area contributed by atoms with E-state index < -0.39 is 24.3 Å². The molecular weight excluding hydrogens is 646 g/mol. The third-order valence-corrected chi connectivity index (χ3v) is 9.35. The van der Waals surface area contributed by atoms with Crippen LogP contribution < -0.4 is 5.11 Å². The minimum Gasteiger partial charge on any atom is -0.545 e. The Hall–Kier alpha value is -1.71. The Labute approximate surface area is 313 Å². The Kier molecular flexibility index (Phi) is 34.1. The molecule has 9 heteroatoms. The molecule has 2 atom stereocenters. The molecule has 9 nitrogen and oxygen atoms in total. The van der Waals surface area contributed by atoms with Gasteiger partial charge in [0.05, 0.1) is 40.3 Å². The van der Waals surface area contributed by atoms with Crippen LogP contribution in [0.3, 0.4) is 0 Å². The molecule has 0 bridgehead atoms. The first-order chi connectivity index (χ1) is 24.6. The van der Waals surface area contributed by atoms with Gasteiger partial charge in [-0.1, -0.05) is 168 Å². The van der Waals surface area contributed by atoms with Crippen LogP contribution in [0.1, 0.15) is 194 Å². The van der Waals surface area contributed by atoms with Gasteiger partial charge in [0.2, 0.25) is 0 Å². The van der Waals surface area contributed by atoms with Crippen LogP contribution in [0.4, 0.5) is 0 Å². The average Bonchev–Trinajstić information content (AvgIpc) is 3.08. The summed E-state index contributed by atoms with van der Waals surface area (Å²) in [7, 11) is 5.91. The van der Waals surface area contributed by atoms with Gasteiger partial charge >= 0.3 is 11.9 Å². The van der Waals surface area contributed by atoms with E-state index in [2.05, 4.69) is 13.8 Å². The lowest BCUT2D eigenvalue weighted by Gasteiger charge is -2.26. The van der Waals surface area contributed by atoms with E-state index in [0.717, 1.165) is 38.5 Å². The number of quaternary nitrogens is 1. The number of ether oxygens (including phenoxy) is 4. The summed E-state index contributed by atoms with van der Waals surface area (Å²) < 4.78 is 22.5. The van der Waals surface area contributed by atoms with Crippen molar-refractivity contribution < 1.29 is 42.9 Å². The lowest BCUT2D eigenvalue weighted by Crippen LogP contribution is -2.44. The zero-order valence-electron chi connectivity index (χ0n) is 34.0. The Balaban J connectivity index is 4.42. The summed E-state index contributed by atoms with van der Waals surface area (Å²) in [5.74, 6) is -2.27. The molecule has 0 saturated carbocycles. The number of carbonyl (C=O) groups excluding carboxylic acids is 3. The van der Waals surface area contributed by atoms with E-state index in [1.54, 1.807) is 0 Å². The SMILES string of the molecule is CCCCCCCCCCCCCCCCCCC(=O)OC(COC(=O)CCCCCCCCCCCC)COC(OCC[N+](C)(C)C)C(=O)[O-]. The van der Waals surface area contributed by atoms with Gasteiger partial charge in [-0.15, -0.1) is 0 Å². The molecule has 0 aromatic carbocycles. The van der Waals surface area contributed by atoms with Gasteiger partial charge in [-0.2, -0.15) is 0 Å². The Morgan fingerprint density at radius 1 is 0.510 bits per heavy atom. The third-order valence-electron chi connectivity index (χ3n) is 9.35. The largest absolute Gasteiger partial charge is 0.545 e. The van der Waals surface area contributed by atoms with Crippen molar-refractivity contribution in [2.45, 2.75) is 206 Å². The quantitative estimate of drug-likeness (QED) is 0.0267. The van der Waals surface area contributed by atoms with Crippen LogP contribution in [0.2, 0.25) is 0 Å². The smallest absolute Gasteiger partial charge is 0.306 e. The molecule has 0 N–H and O–H groups in total. The Bertz CT molecular complexity index is 815. The second-order valence-electron chi connectivity index (χ2n) is 15.6. The van der Waals surface area contributed by atoms with Crippen molar-refractivity contribution in [2.75, 3.05) is 47.5 Å². The van der Waals surface area contributed by atoms with Gasteiger partial charge in [-0.3, -0.25) is 9.59 Å². The van der Waals surface area contributed by atoms with E-state index in [1.807, 2.05) is 21.1 Å². The van der Waals surface area contributed by atoms with E-state index in [1.165, 1.54) is 128 Å². The number of carboxylic acids is 1. The molecule has 0 amide bonds. The van der Waals surface area contributed by atoms with E-state index in [9.17, 15) is 19.5 Å². The highest BCUT2D eigenvalue weighted by Gasteiger charge is 2.21. The molecule has 0 saturated heterocycles. The van der Waals surface area contributed by atoms with Crippen molar-refractivity contribution in [3.8, 4) is 0 Å². The molecule has 0 aliphatic rings. The normalized spacial score (nSPS) is 12.9. The van der Waals surface area contributed by atoms with Gasteiger partial charge in [-0.25, -0.2) is 0 Å². The number of unbranched alkanes of at least 4 members (excludes halogenated alkanes) is 24. The summed E-state index contributed by atoms with van der Waals surface area (Å²) in [4.78, 5) is 36.8. The minimum absolute atomic E-state index is 0.152. The summed E-state index contributed by atoms with van der Waals surface area (Å²) in [5.41, 5.74) is 0. The number of nitrogens with zero attached hydrogens (tertiary/aromatic N) is 1. The van der Waals surface area contributed by atoms with Crippen LogP contribution >= 0.6 is 0 Å². The predicted molar refractivity (Wildman–Crippen MR) is 205 cm³/mol. The van der Waals surface area contributed by atoms with Crippen molar-refractivity contribution >= 4 is 17.9 Å². The number of rotatable bonds is 39. The van der Waals surface area contributed by atoms with Gasteiger partial charge in [-0.05, 0) is 12.8 Å². The maximum absolute atomic E-state index is 12.7. The molecular formula is C42H81NO8. The molecule has 302 valence electrons. The highest BCUT2D eigenvalue weighted by molar-refractivity contribution is 5.70. The van der Waals surface area contributed by atoms with E-state index in [4.69, 9.17) is 18.9 Å². The highest BCUT2D eigenvalue weighted by Crippen LogP contribution is 2.15. The van der Waals surface area contributed by atoms with Crippen LogP contribution in [-0.4, -0.2) is 82.3 Å². The topological polar surface area (TPSA) is 111 Å². The molecule has 0 aliphatic carbocycles. The standard InChI is InChI=1S/C42H81NO8/c1-6-8-10-12-14-16-18-19-20-21-22-23-25-27-29-31-33-40(45)51-38(37-50-42(41(46)47)48-35-34-43(3,4)5)36-49-39(44)32-30-28-26-24-17-15-13-11-9-7-2/h38,42H,6-37H2,1-5H3. The fraction of sp³-hybridized carbons (Fsp3) is 0.929. The fourth-order valence-electron chi connectivity index (χ4n) is 6.01. The molecule has 0 spiro atoms. The van der Waals surface area contributed by atoms with Crippen molar-refractivity contribution in [2.24, 2.45) is 0 Å². The van der Waals surface area contributed by atoms with Crippen LogP contribution in [0, 0.1) is 0 Å². The summed E-state index contributed by atoms with van der Waals surface area (Å²) in [5, 5.41) is 11.6. The highest BCUT2D eigenvalue weighted by atomic mass is 16.7.